The molecule has 0 saturated carbocycles. The molecule has 1 aliphatic rings. The minimum Gasteiger partial charge on any atom is -0.322 e. The predicted octanol–water partition coefficient (Wildman–Crippen LogP) is 7.09. The topological polar surface area (TPSA) is 49.0 Å². The summed E-state index contributed by atoms with van der Waals surface area (Å²) < 4.78 is 0. The van der Waals surface area contributed by atoms with Crippen molar-refractivity contribution in [1.29, 1.82) is 0 Å². The maximum absolute atomic E-state index is 13.5. The van der Waals surface area contributed by atoms with Crippen molar-refractivity contribution in [1.82, 2.24) is 15.1 Å². The van der Waals surface area contributed by atoms with Crippen LogP contribution < -0.4 is 0 Å². The molecule has 160 valence electrons. The lowest BCUT2D eigenvalue weighted by molar-refractivity contribution is 0.0730. The number of hydrogen-bond acceptors (Lipinski definition) is 2. The van der Waals surface area contributed by atoms with E-state index in [1.165, 1.54) is 0 Å². The largest absolute Gasteiger partial charge is 0.322 e. The van der Waals surface area contributed by atoms with Gasteiger partial charge in [0.15, 0.2) is 0 Å². The number of aryl methyl sites for hydroxylation is 1. The number of benzene rings is 3. The molecule has 1 amide bonds. The molecule has 1 N–H and O–H groups in total. The molecule has 3 aromatic carbocycles. The number of amides is 1. The Kier molecular flexibility index (Phi) is 5.46. The number of rotatable bonds is 4. The lowest BCUT2D eigenvalue weighted by Crippen LogP contribution is -2.29. The molecular weight excluding hydrogens is 465 g/mol. The molecule has 1 atom stereocenters. The van der Waals surface area contributed by atoms with E-state index in [1.54, 1.807) is 6.07 Å². The van der Waals surface area contributed by atoms with Crippen molar-refractivity contribution in [2.75, 3.05) is 0 Å². The standard InChI is InChI=1S/C25H18Cl3N3O/c1-14-2-6-16(7-3-14)22-21-23(30-29-22)25(32)31(13-15-4-9-18(26)10-5-15)24(21)17-8-11-19(27)20(28)12-17/h2-12,24H,13H2,1H3,(H,29,30). The minimum absolute atomic E-state index is 0.114. The molecule has 0 bridgehead atoms. The van der Waals surface area contributed by atoms with Gasteiger partial charge in [-0.25, -0.2) is 0 Å². The van der Waals surface area contributed by atoms with Crippen LogP contribution in [0.5, 0.6) is 0 Å². The van der Waals surface area contributed by atoms with E-state index in [1.807, 2.05) is 72.5 Å². The Morgan fingerprint density at radius 2 is 1.66 bits per heavy atom. The lowest BCUT2D eigenvalue weighted by Gasteiger charge is -2.27. The summed E-state index contributed by atoms with van der Waals surface area (Å²) in [7, 11) is 0. The van der Waals surface area contributed by atoms with Crippen molar-refractivity contribution < 1.29 is 4.79 Å². The third-order valence-corrected chi connectivity index (χ3v) is 6.71. The Labute approximate surface area is 200 Å². The van der Waals surface area contributed by atoms with Crippen LogP contribution in [-0.4, -0.2) is 21.0 Å². The van der Waals surface area contributed by atoms with Gasteiger partial charge >= 0.3 is 0 Å². The second-order valence-corrected chi connectivity index (χ2v) is 9.11. The number of fused-ring (bicyclic) bond motifs is 1. The summed E-state index contributed by atoms with van der Waals surface area (Å²) in [5, 5.41) is 9.05. The fourth-order valence-electron chi connectivity index (χ4n) is 4.11. The van der Waals surface area contributed by atoms with E-state index >= 15 is 0 Å². The zero-order chi connectivity index (χ0) is 22.4. The predicted molar refractivity (Wildman–Crippen MR) is 128 cm³/mol. The Morgan fingerprint density at radius 1 is 0.938 bits per heavy atom. The molecule has 2 heterocycles. The van der Waals surface area contributed by atoms with Gasteiger partial charge in [-0.05, 0) is 42.3 Å². The highest BCUT2D eigenvalue weighted by atomic mass is 35.5. The van der Waals surface area contributed by atoms with E-state index in [0.29, 0.717) is 27.3 Å². The zero-order valence-corrected chi connectivity index (χ0v) is 19.3. The van der Waals surface area contributed by atoms with Crippen LogP contribution >= 0.6 is 34.8 Å². The maximum Gasteiger partial charge on any atom is 0.273 e. The van der Waals surface area contributed by atoms with Crippen LogP contribution in [0, 0.1) is 6.92 Å². The van der Waals surface area contributed by atoms with Gasteiger partial charge in [0, 0.05) is 22.7 Å². The number of nitrogens with zero attached hydrogens (tertiary/aromatic N) is 2. The summed E-state index contributed by atoms with van der Waals surface area (Å²) >= 11 is 18.6. The highest BCUT2D eigenvalue weighted by Crippen LogP contribution is 2.44. The summed E-state index contributed by atoms with van der Waals surface area (Å²) in [4.78, 5) is 15.3. The van der Waals surface area contributed by atoms with Gasteiger partial charge in [0.05, 0.1) is 21.8 Å². The van der Waals surface area contributed by atoms with Crippen LogP contribution in [0.2, 0.25) is 15.1 Å². The molecule has 4 aromatic rings. The monoisotopic (exact) mass is 481 g/mol. The molecule has 1 unspecified atom stereocenters. The number of carbonyl (C=O) groups excluding carboxylic acids is 1. The summed E-state index contributed by atoms with van der Waals surface area (Å²) in [5.41, 5.74) is 6.03. The fourth-order valence-corrected chi connectivity index (χ4v) is 4.54. The Morgan fingerprint density at radius 3 is 2.34 bits per heavy atom. The Hall–Kier alpha value is -2.79. The van der Waals surface area contributed by atoms with Gasteiger partial charge in [-0.1, -0.05) is 82.8 Å². The van der Waals surface area contributed by atoms with Crippen LogP contribution in [0.3, 0.4) is 0 Å². The molecule has 7 heteroatoms. The van der Waals surface area contributed by atoms with Crippen LogP contribution in [0.1, 0.15) is 38.8 Å². The van der Waals surface area contributed by atoms with E-state index in [-0.39, 0.29) is 11.9 Å². The fraction of sp³-hybridized carbons (Fsp3) is 0.120. The molecular formula is C25H18Cl3N3O. The smallest absolute Gasteiger partial charge is 0.273 e. The molecule has 1 aliphatic heterocycles. The molecule has 1 aromatic heterocycles. The lowest BCUT2D eigenvalue weighted by atomic mass is 9.95. The number of carbonyl (C=O) groups is 1. The highest BCUT2D eigenvalue weighted by Gasteiger charge is 2.42. The van der Waals surface area contributed by atoms with Crippen LogP contribution in [0.25, 0.3) is 11.3 Å². The average molecular weight is 483 g/mol. The molecule has 0 saturated heterocycles. The van der Waals surface area contributed by atoms with Crippen molar-refractivity contribution in [3.8, 4) is 11.3 Å². The third-order valence-electron chi connectivity index (χ3n) is 5.71. The second kappa shape index (κ2) is 8.28. The third kappa shape index (κ3) is 3.69. The van der Waals surface area contributed by atoms with Crippen molar-refractivity contribution in [3.05, 3.63) is 110 Å². The number of hydrogen-bond donors (Lipinski definition) is 1. The van der Waals surface area contributed by atoms with Crippen molar-refractivity contribution in [2.24, 2.45) is 0 Å². The summed E-state index contributed by atoms with van der Waals surface area (Å²) in [6.07, 6.45) is 0. The van der Waals surface area contributed by atoms with E-state index in [2.05, 4.69) is 10.2 Å². The molecule has 0 aliphatic carbocycles. The summed E-state index contributed by atoms with van der Waals surface area (Å²) in [6.45, 7) is 2.45. The molecule has 4 nitrogen and oxygen atoms in total. The van der Waals surface area contributed by atoms with Crippen LogP contribution in [-0.2, 0) is 6.54 Å². The quantitative estimate of drug-likeness (QED) is 0.337. The normalized spacial score (nSPS) is 15.3. The Bertz CT molecular complexity index is 1310. The van der Waals surface area contributed by atoms with Gasteiger partial charge in [0.2, 0.25) is 0 Å². The molecule has 0 radical (unpaired) electrons. The van der Waals surface area contributed by atoms with E-state index in [0.717, 1.165) is 33.5 Å². The SMILES string of the molecule is Cc1ccc(-c2n[nH]c3c2C(c2ccc(Cl)c(Cl)c2)N(Cc2ccc(Cl)cc2)C3=O)cc1. The highest BCUT2D eigenvalue weighted by molar-refractivity contribution is 6.42. The Balaban J connectivity index is 1.65. The maximum atomic E-state index is 13.5. The summed E-state index contributed by atoms with van der Waals surface area (Å²) in [6, 6.07) is 20.7. The second-order valence-electron chi connectivity index (χ2n) is 7.86. The molecule has 0 spiro atoms. The first-order chi connectivity index (χ1) is 15.4. The van der Waals surface area contributed by atoms with Gasteiger partial charge in [-0.3, -0.25) is 9.89 Å². The van der Waals surface area contributed by atoms with Gasteiger partial charge in [0.1, 0.15) is 5.69 Å². The first kappa shape index (κ1) is 21.1. The van der Waals surface area contributed by atoms with Gasteiger partial charge in [-0.15, -0.1) is 0 Å². The van der Waals surface area contributed by atoms with Crippen LogP contribution in [0.15, 0.2) is 66.7 Å². The number of halogens is 3. The van der Waals surface area contributed by atoms with Gasteiger partial charge in [-0.2, -0.15) is 5.10 Å². The van der Waals surface area contributed by atoms with E-state index < -0.39 is 0 Å². The molecule has 5 rings (SSSR count). The first-order valence-electron chi connectivity index (χ1n) is 10.1. The molecule has 0 fully saturated rings. The van der Waals surface area contributed by atoms with Crippen molar-refractivity contribution in [2.45, 2.75) is 19.5 Å². The van der Waals surface area contributed by atoms with Crippen molar-refractivity contribution in [3.63, 3.8) is 0 Å². The van der Waals surface area contributed by atoms with Gasteiger partial charge in [0.25, 0.3) is 5.91 Å². The van der Waals surface area contributed by atoms with E-state index in [4.69, 9.17) is 34.8 Å². The number of nitrogens with one attached hydrogen (secondary N) is 1. The average Bonchev–Trinajstić information content (AvgIpc) is 3.32. The zero-order valence-electron chi connectivity index (χ0n) is 17.1. The molecule has 32 heavy (non-hydrogen) atoms. The van der Waals surface area contributed by atoms with Crippen LogP contribution in [0.4, 0.5) is 0 Å². The summed E-state index contributed by atoms with van der Waals surface area (Å²) in [5.74, 6) is -0.114. The number of aromatic nitrogens is 2. The van der Waals surface area contributed by atoms with E-state index in [9.17, 15) is 4.79 Å². The first-order valence-corrected chi connectivity index (χ1v) is 11.2. The minimum atomic E-state index is -0.363. The van der Waals surface area contributed by atoms with Gasteiger partial charge < -0.3 is 4.90 Å². The van der Waals surface area contributed by atoms with Crippen molar-refractivity contribution >= 4 is 40.7 Å². The number of aromatic amines is 1. The number of H-pyrrole nitrogens is 1.